The van der Waals surface area contributed by atoms with E-state index in [1.807, 2.05) is 23.7 Å². The number of piperidine rings is 1. The number of sulfonamides is 1. The van der Waals surface area contributed by atoms with Gasteiger partial charge in [-0.1, -0.05) is 6.92 Å². The molecule has 1 atom stereocenters. The monoisotopic (exact) mass is 363 g/mol. The normalized spacial score (nSPS) is 19.2. The zero-order valence-corrected chi connectivity index (χ0v) is 15.8. The Kier molecular flexibility index (Phi) is 5.19. The van der Waals surface area contributed by atoms with Gasteiger partial charge < -0.3 is 0 Å². The molecule has 0 radical (unpaired) electrons. The topological polar surface area (TPSA) is 81.0 Å². The highest BCUT2D eigenvalue weighted by Gasteiger charge is 2.29. The van der Waals surface area contributed by atoms with E-state index in [2.05, 4.69) is 17.0 Å². The summed E-state index contributed by atoms with van der Waals surface area (Å²) in [6, 6.07) is 3.93. The first-order valence-corrected chi connectivity index (χ1v) is 10.6. The second-order valence-electron chi connectivity index (χ2n) is 6.65. The highest BCUT2D eigenvalue weighted by atomic mass is 32.2. The van der Waals surface area contributed by atoms with E-state index in [0.29, 0.717) is 13.1 Å². The lowest BCUT2D eigenvalue weighted by molar-refractivity contribution is 0.311. The van der Waals surface area contributed by atoms with Crippen molar-refractivity contribution in [3.63, 3.8) is 0 Å². The van der Waals surface area contributed by atoms with Crippen molar-refractivity contribution < 1.29 is 8.42 Å². The van der Waals surface area contributed by atoms with Crippen LogP contribution in [0.1, 0.15) is 43.6 Å². The first kappa shape index (κ1) is 18.0. The number of hydrogen-bond donors (Lipinski definition) is 0. The van der Waals surface area contributed by atoms with E-state index in [1.165, 1.54) is 10.6 Å². The average molecular weight is 363 g/mol. The average Bonchev–Trinajstić information content (AvgIpc) is 3.02. The molecule has 1 saturated heterocycles. The van der Waals surface area contributed by atoms with Crippen LogP contribution in [-0.4, -0.2) is 51.8 Å². The van der Waals surface area contributed by atoms with Crippen molar-refractivity contribution in [1.29, 1.82) is 0 Å². The lowest BCUT2D eigenvalue weighted by Gasteiger charge is -2.30. The lowest BCUT2D eigenvalue weighted by atomic mass is 9.98. The van der Waals surface area contributed by atoms with Gasteiger partial charge in [-0.2, -0.15) is 5.10 Å². The predicted molar refractivity (Wildman–Crippen MR) is 96.7 cm³/mol. The largest absolute Gasteiger partial charge is 0.263 e. The summed E-state index contributed by atoms with van der Waals surface area (Å²) in [6.07, 6.45) is 5.79. The van der Waals surface area contributed by atoms with Crippen molar-refractivity contribution >= 4 is 10.0 Å². The third-order valence-electron chi connectivity index (χ3n) is 4.50. The molecule has 1 fully saturated rings. The van der Waals surface area contributed by atoms with Crippen molar-refractivity contribution in [1.82, 2.24) is 24.1 Å². The fourth-order valence-corrected chi connectivity index (χ4v) is 4.21. The summed E-state index contributed by atoms with van der Waals surface area (Å²) in [5.74, 6) is 0.761. The van der Waals surface area contributed by atoms with Crippen LogP contribution < -0.4 is 0 Å². The molecule has 7 nitrogen and oxygen atoms in total. The van der Waals surface area contributed by atoms with E-state index in [1.54, 1.807) is 6.20 Å². The van der Waals surface area contributed by atoms with Crippen LogP contribution in [0.4, 0.5) is 0 Å². The maximum atomic E-state index is 11.9. The molecule has 0 spiro atoms. The molecular weight excluding hydrogens is 338 g/mol. The summed E-state index contributed by atoms with van der Waals surface area (Å²) in [5, 5.41) is 4.37. The Labute approximate surface area is 149 Å². The molecule has 0 unspecified atom stereocenters. The summed E-state index contributed by atoms with van der Waals surface area (Å²) in [7, 11) is -3.18. The SMILES string of the molecule is CCCn1nccc1-c1cc(C)nc([C@@H]2CCCN(S(C)(=O)=O)C2)n1. The molecule has 0 bridgehead atoms. The molecule has 0 aliphatic carbocycles. The quantitative estimate of drug-likeness (QED) is 0.813. The first-order chi connectivity index (χ1) is 11.9. The summed E-state index contributed by atoms with van der Waals surface area (Å²) in [6.45, 7) is 5.94. The Hall–Kier alpha value is -1.80. The van der Waals surface area contributed by atoms with E-state index in [-0.39, 0.29) is 5.92 Å². The van der Waals surface area contributed by atoms with Gasteiger partial charge in [-0.15, -0.1) is 0 Å². The van der Waals surface area contributed by atoms with Crippen LogP contribution in [-0.2, 0) is 16.6 Å². The molecule has 25 heavy (non-hydrogen) atoms. The second kappa shape index (κ2) is 7.21. The van der Waals surface area contributed by atoms with Crippen LogP contribution >= 0.6 is 0 Å². The fourth-order valence-electron chi connectivity index (χ4n) is 3.30. The molecule has 1 aliphatic heterocycles. The summed E-state index contributed by atoms with van der Waals surface area (Å²) in [5.41, 5.74) is 2.72. The molecule has 0 aromatic carbocycles. The molecule has 0 saturated carbocycles. The molecule has 0 amide bonds. The highest BCUT2D eigenvalue weighted by Crippen LogP contribution is 2.28. The summed E-state index contributed by atoms with van der Waals surface area (Å²) < 4.78 is 27.2. The van der Waals surface area contributed by atoms with Crippen LogP contribution in [0.3, 0.4) is 0 Å². The molecule has 3 rings (SSSR count). The third-order valence-corrected chi connectivity index (χ3v) is 5.77. The van der Waals surface area contributed by atoms with Gasteiger partial charge in [0.1, 0.15) is 5.82 Å². The molecule has 3 heterocycles. The molecular formula is C17H25N5O2S. The van der Waals surface area contributed by atoms with Gasteiger partial charge in [-0.25, -0.2) is 22.7 Å². The Morgan fingerprint density at radius 1 is 1.32 bits per heavy atom. The van der Waals surface area contributed by atoms with Crippen LogP contribution in [0.25, 0.3) is 11.4 Å². The molecule has 8 heteroatoms. The van der Waals surface area contributed by atoms with Gasteiger partial charge in [0.05, 0.1) is 17.6 Å². The summed E-state index contributed by atoms with van der Waals surface area (Å²) >= 11 is 0. The van der Waals surface area contributed by atoms with Gasteiger partial charge >= 0.3 is 0 Å². The van der Waals surface area contributed by atoms with Crippen molar-refractivity contribution in [2.45, 2.75) is 45.6 Å². The first-order valence-electron chi connectivity index (χ1n) is 8.71. The van der Waals surface area contributed by atoms with Crippen LogP contribution in [0.15, 0.2) is 18.3 Å². The van der Waals surface area contributed by atoms with Crippen molar-refractivity contribution in [3.8, 4) is 11.4 Å². The lowest BCUT2D eigenvalue weighted by Crippen LogP contribution is -2.38. The maximum absolute atomic E-state index is 11.9. The van der Waals surface area contributed by atoms with Gasteiger partial charge in [-0.05, 0) is 38.3 Å². The Balaban J connectivity index is 1.93. The van der Waals surface area contributed by atoms with Gasteiger partial charge in [0.15, 0.2) is 0 Å². The zero-order chi connectivity index (χ0) is 18.0. The Bertz CT molecular complexity index is 846. The van der Waals surface area contributed by atoms with Crippen molar-refractivity contribution in [3.05, 3.63) is 29.8 Å². The van der Waals surface area contributed by atoms with Gasteiger partial charge in [0.2, 0.25) is 10.0 Å². The molecule has 0 N–H and O–H groups in total. The smallest absolute Gasteiger partial charge is 0.211 e. The molecule has 136 valence electrons. The van der Waals surface area contributed by atoms with E-state index in [4.69, 9.17) is 4.98 Å². The minimum Gasteiger partial charge on any atom is -0.263 e. The number of rotatable bonds is 5. The van der Waals surface area contributed by atoms with Gasteiger partial charge in [0.25, 0.3) is 0 Å². The summed E-state index contributed by atoms with van der Waals surface area (Å²) in [4.78, 5) is 9.36. The second-order valence-corrected chi connectivity index (χ2v) is 8.63. The minimum absolute atomic E-state index is 0.0321. The van der Waals surface area contributed by atoms with E-state index in [0.717, 1.165) is 48.7 Å². The Morgan fingerprint density at radius 3 is 2.84 bits per heavy atom. The number of nitrogens with zero attached hydrogens (tertiary/aromatic N) is 5. The zero-order valence-electron chi connectivity index (χ0n) is 15.0. The molecule has 2 aromatic heterocycles. The van der Waals surface area contributed by atoms with E-state index < -0.39 is 10.0 Å². The molecule has 2 aromatic rings. The molecule has 1 aliphatic rings. The van der Waals surface area contributed by atoms with Gasteiger partial charge in [0, 0.05) is 37.4 Å². The maximum Gasteiger partial charge on any atom is 0.211 e. The number of aromatic nitrogens is 4. The highest BCUT2D eigenvalue weighted by molar-refractivity contribution is 7.88. The Morgan fingerprint density at radius 2 is 2.12 bits per heavy atom. The van der Waals surface area contributed by atoms with Crippen LogP contribution in [0.2, 0.25) is 0 Å². The standard InChI is InChI=1S/C17H25N5O2S/c1-4-9-22-16(7-8-18-22)15-11-13(2)19-17(20-15)14-6-5-10-21(12-14)25(3,23)24/h7-8,11,14H,4-6,9-10,12H2,1-3H3/t14-/m1/s1. The number of hydrogen-bond acceptors (Lipinski definition) is 5. The van der Waals surface area contributed by atoms with Crippen LogP contribution in [0, 0.1) is 6.92 Å². The van der Waals surface area contributed by atoms with Gasteiger partial charge in [-0.3, -0.25) is 4.68 Å². The van der Waals surface area contributed by atoms with Crippen molar-refractivity contribution in [2.24, 2.45) is 0 Å². The van der Waals surface area contributed by atoms with Crippen LogP contribution in [0.5, 0.6) is 0 Å². The predicted octanol–water partition coefficient (Wildman–Crippen LogP) is 2.20. The third kappa shape index (κ3) is 4.07. The number of aryl methyl sites for hydroxylation is 2. The fraction of sp³-hybridized carbons (Fsp3) is 0.588. The van der Waals surface area contributed by atoms with E-state index in [9.17, 15) is 8.42 Å². The van der Waals surface area contributed by atoms with E-state index >= 15 is 0 Å². The van der Waals surface area contributed by atoms with Crippen molar-refractivity contribution in [2.75, 3.05) is 19.3 Å². The minimum atomic E-state index is -3.18.